The number of halogens is 5. The van der Waals surface area contributed by atoms with E-state index in [1.54, 1.807) is 6.07 Å². The summed E-state index contributed by atoms with van der Waals surface area (Å²) in [7, 11) is 0. The van der Waals surface area contributed by atoms with Gasteiger partial charge >= 0.3 is 0 Å². The highest BCUT2D eigenvalue weighted by Crippen LogP contribution is 2.34. The molecule has 1 N–H and O–H groups in total. The zero-order valence-corrected chi connectivity index (χ0v) is 14.5. The lowest BCUT2D eigenvalue weighted by atomic mass is 10.0. The van der Waals surface area contributed by atoms with E-state index in [0.717, 1.165) is 6.07 Å². The summed E-state index contributed by atoms with van der Waals surface area (Å²) in [4.78, 5) is 0. The molecule has 0 aliphatic carbocycles. The summed E-state index contributed by atoms with van der Waals surface area (Å²) in [5.41, 5.74) is 0.490. The van der Waals surface area contributed by atoms with E-state index in [0.29, 0.717) is 31.3 Å². The van der Waals surface area contributed by atoms with Crippen LogP contribution in [0.4, 0.5) is 13.2 Å². The molecule has 1 fully saturated rings. The Hall–Kier alpha value is -1.47. The second-order valence-corrected chi connectivity index (χ2v) is 5.78. The number of nitrogens with one attached hydrogen (secondary N) is 1. The Morgan fingerprint density at radius 3 is 2.64 bits per heavy atom. The van der Waals surface area contributed by atoms with Gasteiger partial charge in [0.2, 0.25) is 0 Å². The molecule has 2 aromatic carbocycles. The Morgan fingerprint density at radius 2 is 1.96 bits per heavy atom. The van der Waals surface area contributed by atoms with E-state index in [-0.39, 0.29) is 23.2 Å². The molecule has 0 bridgehead atoms. The molecule has 1 aliphatic heterocycles. The minimum Gasteiger partial charge on any atom is -0.481 e. The van der Waals surface area contributed by atoms with Crippen LogP contribution in [0.5, 0.6) is 5.75 Å². The topological polar surface area (TPSA) is 30.5 Å². The van der Waals surface area contributed by atoms with Crippen LogP contribution < -0.4 is 10.1 Å². The van der Waals surface area contributed by atoms with Crippen molar-refractivity contribution in [2.24, 2.45) is 0 Å². The second kappa shape index (κ2) is 8.76. The summed E-state index contributed by atoms with van der Waals surface area (Å²) in [5.74, 6) is -2.33. The molecule has 25 heavy (non-hydrogen) atoms. The lowest BCUT2D eigenvalue weighted by molar-refractivity contribution is -0.0434. The maximum Gasteiger partial charge on any atom is 0.151 e. The quantitative estimate of drug-likeness (QED) is 0.786. The average Bonchev–Trinajstić information content (AvgIpc) is 2.57. The number of morpholine rings is 1. The van der Waals surface area contributed by atoms with Crippen molar-refractivity contribution in [1.82, 2.24) is 5.32 Å². The van der Waals surface area contributed by atoms with Gasteiger partial charge < -0.3 is 14.8 Å². The molecule has 1 heterocycles. The van der Waals surface area contributed by atoms with Crippen molar-refractivity contribution in [3.05, 3.63) is 64.4 Å². The minimum atomic E-state index is -0.924. The molecule has 2 atom stereocenters. The maximum absolute atomic E-state index is 13.6. The Morgan fingerprint density at radius 1 is 1.16 bits per heavy atom. The first-order chi connectivity index (χ1) is 11.5. The Balaban J connectivity index is 0.00000225. The highest BCUT2D eigenvalue weighted by atomic mass is 35.5. The van der Waals surface area contributed by atoms with Crippen molar-refractivity contribution in [3.63, 3.8) is 0 Å². The fraction of sp³-hybridized carbons (Fsp3) is 0.294. The molecule has 0 unspecified atom stereocenters. The van der Waals surface area contributed by atoms with Gasteiger partial charge in [-0.05, 0) is 17.7 Å². The first-order valence-electron chi connectivity index (χ1n) is 7.43. The highest BCUT2D eigenvalue weighted by molar-refractivity contribution is 6.32. The van der Waals surface area contributed by atoms with Crippen LogP contribution in [0, 0.1) is 17.5 Å². The molecular weight excluding hydrogens is 378 g/mol. The predicted molar refractivity (Wildman–Crippen MR) is 91.0 cm³/mol. The summed E-state index contributed by atoms with van der Waals surface area (Å²) in [6.07, 6.45) is -1.23. The zero-order valence-electron chi connectivity index (χ0n) is 13.0. The van der Waals surface area contributed by atoms with E-state index < -0.39 is 29.7 Å². The van der Waals surface area contributed by atoms with Crippen LogP contribution >= 0.6 is 24.0 Å². The van der Waals surface area contributed by atoms with Crippen molar-refractivity contribution in [1.29, 1.82) is 0 Å². The van der Waals surface area contributed by atoms with Crippen molar-refractivity contribution in [2.75, 3.05) is 19.7 Å². The van der Waals surface area contributed by atoms with Crippen LogP contribution in [0.15, 0.2) is 36.4 Å². The molecule has 0 aromatic heterocycles. The third-order valence-corrected chi connectivity index (χ3v) is 4.05. The van der Waals surface area contributed by atoms with Crippen LogP contribution in [-0.4, -0.2) is 25.8 Å². The first-order valence-corrected chi connectivity index (χ1v) is 7.81. The first kappa shape index (κ1) is 19.8. The van der Waals surface area contributed by atoms with Gasteiger partial charge in [0.05, 0.1) is 6.61 Å². The Kier molecular flexibility index (Phi) is 6.95. The number of benzene rings is 2. The summed E-state index contributed by atoms with van der Waals surface area (Å²) in [5, 5.41) is 2.81. The van der Waals surface area contributed by atoms with E-state index in [2.05, 4.69) is 5.32 Å². The third kappa shape index (κ3) is 4.79. The van der Waals surface area contributed by atoms with Crippen molar-refractivity contribution in [3.8, 4) is 5.75 Å². The molecule has 3 rings (SSSR count). The number of hydrogen-bond acceptors (Lipinski definition) is 3. The molecule has 0 saturated carbocycles. The molecule has 0 radical (unpaired) electrons. The average molecular weight is 394 g/mol. The fourth-order valence-electron chi connectivity index (χ4n) is 2.58. The lowest BCUT2D eigenvalue weighted by Crippen LogP contribution is -2.43. The maximum atomic E-state index is 13.6. The number of rotatable bonds is 4. The Bertz CT molecular complexity index is 727. The molecule has 8 heteroatoms. The van der Waals surface area contributed by atoms with Gasteiger partial charge in [-0.2, -0.15) is 0 Å². The molecule has 1 saturated heterocycles. The monoisotopic (exact) mass is 393 g/mol. The molecule has 136 valence electrons. The lowest BCUT2D eigenvalue weighted by Gasteiger charge is -2.32. The standard InChI is InChI=1S/C17H15ClF3NO2.ClH/c18-16-13(21)7-12(20)8-14(16)24-17(15-9-22-4-5-23-15)10-2-1-3-11(19)6-10;/h1-3,6-8,15,17,22H,4-5,9H2;1H/t15-,17-;/m0./s1. The number of ether oxygens (including phenoxy) is 2. The highest BCUT2D eigenvalue weighted by Gasteiger charge is 2.29. The summed E-state index contributed by atoms with van der Waals surface area (Å²) < 4.78 is 52.1. The van der Waals surface area contributed by atoms with E-state index in [1.165, 1.54) is 18.2 Å². The van der Waals surface area contributed by atoms with E-state index in [9.17, 15) is 13.2 Å². The van der Waals surface area contributed by atoms with Crippen LogP contribution in [-0.2, 0) is 4.74 Å². The predicted octanol–water partition coefficient (Wildman–Crippen LogP) is 4.29. The van der Waals surface area contributed by atoms with E-state index >= 15 is 0 Å². The van der Waals surface area contributed by atoms with E-state index in [1.807, 2.05) is 0 Å². The van der Waals surface area contributed by atoms with Gasteiger partial charge in [-0.25, -0.2) is 13.2 Å². The second-order valence-electron chi connectivity index (χ2n) is 5.41. The fourth-order valence-corrected chi connectivity index (χ4v) is 2.73. The SMILES string of the molecule is Cl.Fc1cccc([C@H](Oc2cc(F)cc(F)c2Cl)[C@@H]2CNCCO2)c1. The summed E-state index contributed by atoms with van der Waals surface area (Å²) >= 11 is 5.87. The van der Waals surface area contributed by atoms with Gasteiger partial charge in [0.1, 0.15) is 34.3 Å². The molecule has 2 aromatic rings. The van der Waals surface area contributed by atoms with Crippen molar-refractivity contribution in [2.45, 2.75) is 12.2 Å². The van der Waals surface area contributed by atoms with Crippen LogP contribution in [0.1, 0.15) is 11.7 Å². The Labute approximate surface area is 154 Å². The van der Waals surface area contributed by atoms with Gasteiger partial charge in [-0.1, -0.05) is 23.7 Å². The normalized spacial score (nSPS) is 18.3. The van der Waals surface area contributed by atoms with Crippen LogP contribution in [0.3, 0.4) is 0 Å². The molecule has 3 nitrogen and oxygen atoms in total. The smallest absolute Gasteiger partial charge is 0.151 e. The molecular formula is C17H16Cl2F3NO2. The van der Waals surface area contributed by atoms with Gasteiger partial charge in [0.15, 0.2) is 6.10 Å². The van der Waals surface area contributed by atoms with Gasteiger partial charge in [0, 0.05) is 25.2 Å². The number of hydrogen-bond donors (Lipinski definition) is 1. The molecule has 0 spiro atoms. The zero-order chi connectivity index (χ0) is 17.1. The van der Waals surface area contributed by atoms with Gasteiger partial charge in [-0.3, -0.25) is 0 Å². The largest absolute Gasteiger partial charge is 0.481 e. The minimum absolute atomic E-state index is 0. The van der Waals surface area contributed by atoms with Gasteiger partial charge in [0.25, 0.3) is 0 Å². The van der Waals surface area contributed by atoms with Crippen LogP contribution in [0.2, 0.25) is 5.02 Å². The van der Waals surface area contributed by atoms with Gasteiger partial charge in [-0.15, -0.1) is 12.4 Å². The van der Waals surface area contributed by atoms with Crippen LogP contribution in [0.25, 0.3) is 0 Å². The van der Waals surface area contributed by atoms with Crippen molar-refractivity contribution < 1.29 is 22.6 Å². The van der Waals surface area contributed by atoms with Crippen molar-refractivity contribution >= 4 is 24.0 Å². The molecule has 1 aliphatic rings. The molecule has 0 amide bonds. The summed E-state index contributed by atoms with van der Waals surface area (Å²) in [6.45, 7) is 1.59. The summed E-state index contributed by atoms with van der Waals surface area (Å²) in [6, 6.07) is 7.46. The van der Waals surface area contributed by atoms with E-state index in [4.69, 9.17) is 21.1 Å². The third-order valence-electron chi connectivity index (χ3n) is 3.68.